The molecule has 142 valence electrons. The van der Waals surface area contributed by atoms with Crippen LogP contribution < -0.4 is 10.6 Å². The minimum Gasteiger partial charge on any atom is -0.462 e. The third-order valence-corrected chi connectivity index (χ3v) is 5.66. The van der Waals surface area contributed by atoms with Crippen molar-refractivity contribution in [3.8, 4) is 0 Å². The van der Waals surface area contributed by atoms with Gasteiger partial charge in [0.2, 0.25) is 11.8 Å². The summed E-state index contributed by atoms with van der Waals surface area (Å²) in [5.41, 5.74) is 2.73. The van der Waals surface area contributed by atoms with Crippen molar-refractivity contribution in [3.05, 3.63) is 45.8 Å². The highest BCUT2D eigenvalue weighted by Crippen LogP contribution is 2.37. The Hall–Kier alpha value is -2.67. The van der Waals surface area contributed by atoms with Gasteiger partial charge in [0, 0.05) is 17.0 Å². The van der Waals surface area contributed by atoms with Crippen LogP contribution in [0.15, 0.2) is 24.3 Å². The zero-order valence-corrected chi connectivity index (χ0v) is 16.4. The molecule has 6 nitrogen and oxygen atoms in total. The predicted octanol–water partition coefficient (Wildman–Crippen LogP) is 3.86. The smallest absolute Gasteiger partial charge is 0.341 e. The van der Waals surface area contributed by atoms with E-state index in [9.17, 15) is 14.4 Å². The van der Waals surface area contributed by atoms with Crippen LogP contribution in [0.3, 0.4) is 0 Å². The third kappa shape index (κ3) is 3.73. The fourth-order valence-electron chi connectivity index (χ4n) is 3.36. The van der Waals surface area contributed by atoms with Crippen molar-refractivity contribution in [3.63, 3.8) is 0 Å². The van der Waals surface area contributed by atoms with Crippen molar-refractivity contribution in [2.24, 2.45) is 0 Å². The lowest BCUT2D eigenvalue weighted by Crippen LogP contribution is -2.31. The maximum atomic E-state index is 13.0. The van der Waals surface area contributed by atoms with E-state index in [1.54, 1.807) is 13.0 Å². The van der Waals surface area contributed by atoms with Crippen LogP contribution in [0.2, 0.25) is 0 Å². The maximum Gasteiger partial charge on any atom is 0.341 e. The van der Waals surface area contributed by atoms with Gasteiger partial charge in [0.25, 0.3) is 0 Å². The first kappa shape index (κ1) is 19.1. The van der Waals surface area contributed by atoms with Gasteiger partial charge in [-0.05, 0) is 37.5 Å². The second kappa shape index (κ2) is 7.92. The topological polar surface area (TPSA) is 84.5 Å². The number of aryl methyl sites for hydroxylation is 1. The quantitative estimate of drug-likeness (QED) is 0.764. The maximum absolute atomic E-state index is 13.0. The number of hydrogen-bond acceptors (Lipinski definition) is 5. The van der Waals surface area contributed by atoms with E-state index in [1.807, 2.05) is 32.0 Å². The van der Waals surface area contributed by atoms with Gasteiger partial charge in [-0.3, -0.25) is 9.59 Å². The summed E-state index contributed by atoms with van der Waals surface area (Å²) in [6, 6.07) is 7.27. The van der Waals surface area contributed by atoms with Crippen LogP contribution in [0, 0.1) is 6.92 Å². The highest BCUT2D eigenvalue weighted by Gasteiger charge is 2.32. The number of fused-ring (bicyclic) bond motifs is 1. The zero-order valence-electron chi connectivity index (χ0n) is 15.5. The average molecular weight is 386 g/mol. The number of thiophene rings is 1. The number of hydrogen-bond donors (Lipinski definition) is 2. The lowest BCUT2D eigenvalue weighted by molar-refractivity contribution is -0.123. The lowest BCUT2D eigenvalue weighted by atomic mass is 9.90. The van der Waals surface area contributed by atoms with Crippen LogP contribution in [-0.4, -0.2) is 24.4 Å². The van der Waals surface area contributed by atoms with Crippen LogP contribution in [0.4, 0.5) is 10.7 Å². The lowest BCUT2D eigenvalue weighted by Gasteiger charge is -2.24. The van der Waals surface area contributed by atoms with Gasteiger partial charge in [0.15, 0.2) is 0 Å². The van der Waals surface area contributed by atoms with Gasteiger partial charge in [-0.2, -0.15) is 0 Å². The number of esters is 1. The molecule has 3 rings (SSSR count). The molecule has 2 aromatic rings. The summed E-state index contributed by atoms with van der Waals surface area (Å²) in [7, 11) is 0. The Morgan fingerprint density at radius 2 is 2.04 bits per heavy atom. The molecule has 1 unspecified atom stereocenters. The van der Waals surface area contributed by atoms with Gasteiger partial charge in [-0.25, -0.2) is 4.79 Å². The summed E-state index contributed by atoms with van der Waals surface area (Å²) in [4.78, 5) is 38.4. The Bertz CT molecular complexity index is 903. The van der Waals surface area contributed by atoms with Crippen molar-refractivity contribution < 1.29 is 19.1 Å². The van der Waals surface area contributed by atoms with Crippen molar-refractivity contribution in [2.45, 2.75) is 39.5 Å². The van der Waals surface area contributed by atoms with E-state index in [-0.39, 0.29) is 24.8 Å². The van der Waals surface area contributed by atoms with Gasteiger partial charge < -0.3 is 15.4 Å². The molecule has 1 aromatic carbocycles. The van der Waals surface area contributed by atoms with Gasteiger partial charge in [0.1, 0.15) is 5.00 Å². The molecule has 0 spiro atoms. The van der Waals surface area contributed by atoms with Crippen LogP contribution in [0.1, 0.15) is 52.5 Å². The minimum absolute atomic E-state index is 0.0720. The molecule has 0 radical (unpaired) electrons. The molecule has 7 heteroatoms. The normalized spacial score (nSPS) is 15.7. The molecule has 1 aliphatic heterocycles. The Labute approximate surface area is 161 Å². The van der Waals surface area contributed by atoms with E-state index in [1.165, 1.54) is 11.3 Å². The van der Waals surface area contributed by atoms with Crippen LogP contribution in [-0.2, 0) is 20.7 Å². The first-order valence-electron chi connectivity index (χ1n) is 8.95. The Balaban J connectivity index is 1.93. The number of rotatable bonds is 5. The number of amides is 2. The number of anilines is 2. The average Bonchev–Trinajstić information content (AvgIpc) is 2.96. The summed E-state index contributed by atoms with van der Waals surface area (Å²) >= 11 is 1.36. The van der Waals surface area contributed by atoms with Crippen LogP contribution in [0.5, 0.6) is 0 Å². The molecule has 1 atom stereocenters. The molecule has 2 amide bonds. The van der Waals surface area contributed by atoms with Gasteiger partial charge in [-0.1, -0.05) is 25.1 Å². The van der Waals surface area contributed by atoms with E-state index in [0.717, 1.165) is 16.0 Å². The van der Waals surface area contributed by atoms with E-state index < -0.39 is 11.9 Å². The molecule has 1 aliphatic rings. The van der Waals surface area contributed by atoms with Crippen molar-refractivity contribution >= 4 is 39.8 Å². The number of carbonyl (C=O) groups is 3. The summed E-state index contributed by atoms with van der Waals surface area (Å²) in [5.74, 6) is -1.53. The van der Waals surface area contributed by atoms with Crippen molar-refractivity contribution in [1.82, 2.24) is 0 Å². The summed E-state index contributed by atoms with van der Waals surface area (Å²) in [6.45, 7) is 5.90. The van der Waals surface area contributed by atoms with Gasteiger partial charge in [0.05, 0.1) is 18.1 Å². The molecule has 0 saturated heterocycles. The Morgan fingerprint density at radius 1 is 1.30 bits per heavy atom. The van der Waals surface area contributed by atoms with Crippen LogP contribution in [0.25, 0.3) is 0 Å². The van der Waals surface area contributed by atoms with Gasteiger partial charge in [-0.15, -0.1) is 11.3 Å². The SMILES string of the molecule is CCOC(=O)c1c(NC(=O)C2CC(=O)Nc3ccccc32)sc(C)c1CC. The third-order valence-electron chi connectivity index (χ3n) is 4.60. The molecule has 0 fully saturated rings. The first-order valence-corrected chi connectivity index (χ1v) is 9.76. The van der Waals surface area contributed by atoms with Crippen molar-refractivity contribution in [2.75, 3.05) is 17.2 Å². The molecule has 0 saturated carbocycles. The highest BCUT2D eigenvalue weighted by atomic mass is 32.1. The summed E-state index contributed by atoms with van der Waals surface area (Å²) in [6.07, 6.45) is 0.740. The number of carbonyl (C=O) groups excluding carboxylic acids is 3. The standard InChI is InChI=1S/C20H22N2O4S/c1-4-12-11(3)27-19(17(12)20(25)26-5-2)22-18(24)14-10-16(23)21-15-9-7-6-8-13(14)15/h6-9,14H,4-5,10H2,1-3H3,(H,21,23)(H,22,24). The Kier molecular flexibility index (Phi) is 5.60. The largest absolute Gasteiger partial charge is 0.462 e. The zero-order chi connectivity index (χ0) is 19.6. The van der Waals surface area contributed by atoms with E-state index >= 15 is 0 Å². The molecule has 1 aromatic heterocycles. The second-order valence-electron chi connectivity index (χ2n) is 6.30. The summed E-state index contributed by atoms with van der Waals surface area (Å²) in [5, 5.41) is 6.14. The number of ether oxygens (including phenoxy) is 1. The molecule has 27 heavy (non-hydrogen) atoms. The minimum atomic E-state index is -0.600. The van der Waals surface area contributed by atoms with E-state index in [4.69, 9.17) is 4.74 Å². The first-order chi connectivity index (χ1) is 13.0. The number of nitrogens with one attached hydrogen (secondary N) is 2. The van der Waals surface area contributed by atoms with Crippen molar-refractivity contribution in [1.29, 1.82) is 0 Å². The van der Waals surface area contributed by atoms with Gasteiger partial charge >= 0.3 is 5.97 Å². The monoisotopic (exact) mass is 386 g/mol. The van der Waals surface area contributed by atoms with E-state index in [2.05, 4.69) is 10.6 Å². The molecule has 2 heterocycles. The molecule has 0 bridgehead atoms. The number of para-hydroxylation sites is 1. The fourth-order valence-corrected chi connectivity index (χ4v) is 4.49. The molecular weight excluding hydrogens is 364 g/mol. The fraction of sp³-hybridized carbons (Fsp3) is 0.350. The molecular formula is C20H22N2O4S. The Morgan fingerprint density at radius 3 is 2.74 bits per heavy atom. The second-order valence-corrected chi connectivity index (χ2v) is 7.52. The van der Waals surface area contributed by atoms with E-state index in [0.29, 0.717) is 22.7 Å². The number of benzene rings is 1. The summed E-state index contributed by atoms with van der Waals surface area (Å²) < 4.78 is 5.18. The molecule has 0 aliphatic carbocycles. The predicted molar refractivity (Wildman–Crippen MR) is 105 cm³/mol. The molecule has 2 N–H and O–H groups in total. The van der Waals surface area contributed by atoms with Crippen LogP contribution >= 0.6 is 11.3 Å². The highest BCUT2D eigenvalue weighted by molar-refractivity contribution is 7.16.